The van der Waals surface area contributed by atoms with Gasteiger partial charge in [0.25, 0.3) is 0 Å². The molecule has 3 rings (SSSR count). The van der Waals surface area contributed by atoms with Crippen LogP contribution in [-0.4, -0.2) is 22.7 Å². The van der Waals surface area contributed by atoms with Crippen LogP contribution in [-0.2, 0) is 6.42 Å². The lowest BCUT2D eigenvalue weighted by molar-refractivity contribution is 0.366. The predicted octanol–water partition coefficient (Wildman–Crippen LogP) is 2.79. The third-order valence-corrected chi connectivity index (χ3v) is 4.66. The summed E-state index contributed by atoms with van der Waals surface area (Å²) in [4.78, 5) is 3.34. The average molecular weight is 326 g/mol. The van der Waals surface area contributed by atoms with Gasteiger partial charge in [0, 0.05) is 35.0 Å². The van der Waals surface area contributed by atoms with Crippen LogP contribution >= 0.6 is 0 Å². The van der Waals surface area contributed by atoms with Crippen molar-refractivity contribution in [1.82, 2.24) is 10.3 Å². The summed E-state index contributed by atoms with van der Waals surface area (Å²) in [6.07, 6.45) is 4.01. The summed E-state index contributed by atoms with van der Waals surface area (Å²) in [5.41, 5.74) is 16.9. The van der Waals surface area contributed by atoms with Gasteiger partial charge in [-0.25, -0.2) is 0 Å². The number of rotatable bonds is 5. The normalized spacial score (nSPS) is 18.0. The summed E-state index contributed by atoms with van der Waals surface area (Å²) in [6.45, 7) is 5.41. The minimum Gasteiger partial charge on any atom is -0.507 e. The van der Waals surface area contributed by atoms with E-state index in [1.54, 1.807) is 18.2 Å². The van der Waals surface area contributed by atoms with Crippen LogP contribution in [0, 0.1) is 0 Å². The lowest BCUT2D eigenvalue weighted by atomic mass is 9.92. The number of anilines is 1. The minimum absolute atomic E-state index is 0.172. The lowest BCUT2D eigenvalue weighted by Crippen LogP contribution is -2.44. The maximum Gasteiger partial charge on any atom is 0.124 e. The Balaban J connectivity index is 2.00. The molecule has 24 heavy (non-hydrogen) atoms. The smallest absolute Gasteiger partial charge is 0.124 e. The fourth-order valence-corrected chi connectivity index (χ4v) is 3.30. The van der Waals surface area contributed by atoms with Gasteiger partial charge in [-0.3, -0.25) is 0 Å². The van der Waals surface area contributed by atoms with Crippen LogP contribution in [0.3, 0.4) is 0 Å². The monoisotopic (exact) mass is 326 g/mol. The van der Waals surface area contributed by atoms with Crippen molar-refractivity contribution in [3.63, 3.8) is 0 Å². The number of phenols is 1. The SMILES string of the molecule is CC(C)c1c(CC2CCN2)[nH]c(N)c1/C=C(\N)c1ccccc1O. The first-order valence-corrected chi connectivity index (χ1v) is 8.46. The summed E-state index contributed by atoms with van der Waals surface area (Å²) in [5, 5.41) is 13.4. The number of benzene rings is 1. The third kappa shape index (κ3) is 3.12. The molecule has 1 aliphatic rings. The number of nitrogen functional groups attached to an aromatic ring is 1. The number of hydrogen-bond donors (Lipinski definition) is 5. The predicted molar refractivity (Wildman–Crippen MR) is 99.6 cm³/mol. The van der Waals surface area contributed by atoms with Crippen LogP contribution in [0.1, 0.15) is 48.6 Å². The minimum atomic E-state index is 0.172. The number of nitrogens with two attached hydrogens (primary N) is 2. The van der Waals surface area contributed by atoms with Crippen LogP contribution in [0.5, 0.6) is 5.75 Å². The molecular weight excluding hydrogens is 300 g/mol. The number of hydrogen-bond acceptors (Lipinski definition) is 4. The summed E-state index contributed by atoms with van der Waals surface area (Å²) >= 11 is 0. The molecule has 5 heteroatoms. The summed E-state index contributed by atoms with van der Waals surface area (Å²) in [5.74, 6) is 1.13. The molecule has 1 aromatic carbocycles. The number of aromatic nitrogens is 1. The quantitative estimate of drug-likeness (QED) is 0.583. The molecule has 128 valence electrons. The number of aromatic amines is 1. The number of para-hydroxylation sites is 1. The van der Waals surface area contributed by atoms with Gasteiger partial charge in [0.1, 0.15) is 11.6 Å². The second-order valence-electron chi connectivity index (χ2n) is 6.76. The molecule has 1 fully saturated rings. The van der Waals surface area contributed by atoms with Crippen molar-refractivity contribution in [1.29, 1.82) is 0 Å². The van der Waals surface area contributed by atoms with E-state index in [9.17, 15) is 5.11 Å². The highest BCUT2D eigenvalue weighted by Gasteiger charge is 2.23. The molecule has 2 heterocycles. The Morgan fingerprint density at radius 3 is 2.67 bits per heavy atom. The zero-order valence-corrected chi connectivity index (χ0v) is 14.3. The van der Waals surface area contributed by atoms with Gasteiger partial charge in [0.2, 0.25) is 0 Å². The molecule has 0 amide bonds. The highest BCUT2D eigenvalue weighted by molar-refractivity contribution is 5.86. The number of nitrogens with one attached hydrogen (secondary N) is 2. The van der Waals surface area contributed by atoms with Crippen molar-refractivity contribution in [2.75, 3.05) is 12.3 Å². The van der Waals surface area contributed by atoms with Gasteiger partial charge in [0.15, 0.2) is 0 Å². The van der Waals surface area contributed by atoms with E-state index in [0.717, 1.165) is 18.5 Å². The van der Waals surface area contributed by atoms with E-state index < -0.39 is 0 Å². The van der Waals surface area contributed by atoms with Gasteiger partial charge in [-0.1, -0.05) is 26.0 Å². The Kier molecular flexibility index (Phi) is 4.53. The first kappa shape index (κ1) is 16.5. The van der Waals surface area contributed by atoms with Gasteiger partial charge in [0.05, 0.1) is 0 Å². The maximum atomic E-state index is 10.0. The molecule has 0 radical (unpaired) electrons. The van der Waals surface area contributed by atoms with Crippen molar-refractivity contribution >= 4 is 17.6 Å². The molecule has 1 aliphatic heterocycles. The number of H-pyrrole nitrogens is 1. The number of phenolic OH excluding ortho intramolecular Hbond substituents is 1. The Hall–Kier alpha value is -2.40. The summed E-state index contributed by atoms with van der Waals surface area (Å²) < 4.78 is 0. The van der Waals surface area contributed by atoms with Gasteiger partial charge < -0.3 is 26.9 Å². The van der Waals surface area contributed by atoms with Crippen molar-refractivity contribution in [3.8, 4) is 5.75 Å². The van der Waals surface area contributed by atoms with Crippen LogP contribution < -0.4 is 16.8 Å². The van der Waals surface area contributed by atoms with Crippen LogP contribution in [0.2, 0.25) is 0 Å². The van der Waals surface area contributed by atoms with E-state index in [2.05, 4.69) is 24.1 Å². The molecule has 0 spiro atoms. The highest BCUT2D eigenvalue weighted by Crippen LogP contribution is 2.33. The second-order valence-corrected chi connectivity index (χ2v) is 6.76. The van der Waals surface area contributed by atoms with Crippen molar-refractivity contribution in [2.45, 2.75) is 38.6 Å². The Morgan fingerprint density at radius 1 is 1.38 bits per heavy atom. The van der Waals surface area contributed by atoms with E-state index in [1.807, 2.05) is 12.1 Å². The molecule has 5 nitrogen and oxygen atoms in total. The molecule has 0 bridgehead atoms. The Morgan fingerprint density at radius 2 is 2.08 bits per heavy atom. The van der Waals surface area contributed by atoms with Crippen LogP contribution in [0.4, 0.5) is 5.82 Å². The van der Waals surface area contributed by atoms with E-state index in [1.165, 1.54) is 17.7 Å². The summed E-state index contributed by atoms with van der Waals surface area (Å²) in [6, 6.07) is 7.59. The molecule has 0 aliphatic carbocycles. The van der Waals surface area contributed by atoms with Gasteiger partial charge in [-0.05, 0) is 42.7 Å². The van der Waals surface area contributed by atoms with Crippen LogP contribution in [0.25, 0.3) is 11.8 Å². The van der Waals surface area contributed by atoms with E-state index in [0.29, 0.717) is 29.0 Å². The van der Waals surface area contributed by atoms with E-state index >= 15 is 0 Å². The van der Waals surface area contributed by atoms with Crippen LogP contribution in [0.15, 0.2) is 24.3 Å². The fraction of sp³-hybridized carbons (Fsp3) is 0.368. The zero-order valence-electron chi connectivity index (χ0n) is 14.3. The van der Waals surface area contributed by atoms with Gasteiger partial charge in [-0.2, -0.15) is 0 Å². The Bertz CT molecular complexity index is 757. The van der Waals surface area contributed by atoms with E-state index in [4.69, 9.17) is 11.5 Å². The molecular formula is C19H26N4O. The third-order valence-electron chi connectivity index (χ3n) is 4.66. The first-order chi connectivity index (χ1) is 11.5. The average Bonchev–Trinajstić information content (AvgIpc) is 2.79. The van der Waals surface area contributed by atoms with E-state index in [-0.39, 0.29) is 5.75 Å². The summed E-state index contributed by atoms with van der Waals surface area (Å²) in [7, 11) is 0. The van der Waals surface area contributed by atoms with Crippen molar-refractivity contribution < 1.29 is 5.11 Å². The topological polar surface area (TPSA) is 100 Å². The largest absolute Gasteiger partial charge is 0.507 e. The number of aromatic hydroxyl groups is 1. The molecule has 2 aromatic rings. The molecule has 0 saturated carbocycles. The Labute approximate surface area is 142 Å². The molecule has 7 N–H and O–H groups in total. The first-order valence-electron chi connectivity index (χ1n) is 8.46. The zero-order chi connectivity index (χ0) is 17.3. The second kappa shape index (κ2) is 6.61. The molecule has 1 atom stereocenters. The van der Waals surface area contributed by atoms with Crippen molar-refractivity contribution in [3.05, 3.63) is 46.6 Å². The maximum absolute atomic E-state index is 10.0. The van der Waals surface area contributed by atoms with Gasteiger partial charge in [-0.15, -0.1) is 0 Å². The highest BCUT2D eigenvalue weighted by atomic mass is 16.3. The van der Waals surface area contributed by atoms with Gasteiger partial charge >= 0.3 is 0 Å². The molecule has 1 unspecified atom stereocenters. The lowest BCUT2D eigenvalue weighted by Gasteiger charge is -2.27. The fourth-order valence-electron chi connectivity index (χ4n) is 3.30. The molecule has 1 saturated heterocycles. The van der Waals surface area contributed by atoms with Crippen molar-refractivity contribution in [2.24, 2.45) is 5.73 Å². The standard InChI is InChI=1S/C19H26N4O/c1-11(2)18-14(10-15(20)13-5-3-4-6-17(13)24)19(21)23-16(18)9-12-7-8-22-12/h3-6,10-12,22-24H,7-9,20-21H2,1-2H3/b15-10-. The molecule has 1 aromatic heterocycles.